The summed E-state index contributed by atoms with van der Waals surface area (Å²) in [4.78, 5) is 16.5. The summed E-state index contributed by atoms with van der Waals surface area (Å²) < 4.78 is 2.06. The number of para-hydroxylation sites is 1. The summed E-state index contributed by atoms with van der Waals surface area (Å²) in [5.74, 6) is 0.239. The topological polar surface area (TPSA) is 61.1 Å². The maximum atomic E-state index is 14.1. The van der Waals surface area contributed by atoms with E-state index in [0.29, 0.717) is 28.7 Å². The molecule has 0 spiro atoms. The van der Waals surface area contributed by atoms with Crippen LogP contribution in [-0.4, -0.2) is 35.5 Å². The number of nitrogens with zero attached hydrogens (tertiary/aromatic N) is 3. The molecule has 5 nitrogen and oxygen atoms in total. The first-order valence-electron chi connectivity index (χ1n) is 13.7. The van der Waals surface area contributed by atoms with E-state index in [1.165, 1.54) is 0 Å². The third-order valence-corrected chi connectivity index (χ3v) is 8.38. The number of halogens is 1. The van der Waals surface area contributed by atoms with Crippen molar-refractivity contribution in [2.45, 2.75) is 25.4 Å². The van der Waals surface area contributed by atoms with Gasteiger partial charge in [0.25, 0.3) is 5.91 Å². The third-order valence-electron chi connectivity index (χ3n) is 8.15. The second kappa shape index (κ2) is 11.2. The molecule has 1 saturated heterocycles. The lowest BCUT2D eigenvalue weighted by molar-refractivity contribution is 0.0892. The molecule has 6 heteroatoms. The highest BCUT2D eigenvalue weighted by Gasteiger charge is 2.29. The van der Waals surface area contributed by atoms with E-state index in [1.54, 1.807) is 6.07 Å². The number of nitrogens with one attached hydrogen (secondary N) is 1. The molecule has 1 atom stereocenters. The van der Waals surface area contributed by atoms with Crippen LogP contribution in [-0.2, 0) is 6.54 Å². The van der Waals surface area contributed by atoms with E-state index in [0.717, 1.165) is 58.7 Å². The summed E-state index contributed by atoms with van der Waals surface area (Å²) in [6.07, 6.45) is 2.04. The Morgan fingerprint density at radius 2 is 1.73 bits per heavy atom. The van der Waals surface area contributed by atoms with Crippen LogP contribution in [0.25, 0.3) is 21.7 Å². The number of hydrogen-bond donors (Lipinski definition) is 1. The summed E-state index contributed by atoms with van der Waals surface area (Å²) in [6.45, 7) is 2.52. The Morgan fingerprint density at radius 1 is 0.950 bits per heavy atom. The lowest BCUT2D eigenvalue weighted by atomic mass is 9.84. The van der Waals surface area contributed by atoms with Crippen LogP contribution in [0.2, 0.25) is 5.02 Å². The van der Waals surface area contributed by atoms with E-state index < -0.39 is 0 Å². The molecule has 1 aromatic heterocycles. The highest BCUT2D eigenvalue weighted by molar-refractivity contribution is 6.31. The monoisotopic (exact) mass is 546 g/mol. The van der Waals surface area contributed by atoms with Crippen LogP contribution in [0.15, 0.2) is 91.0 Å². The second-order valence-corrected chi connectivity index (χ2v) is 11.3. The van der Waals surface area contributed by atoms with Gasteiger partial charge in [0.05, 0.1) is 17.7 Å². The van der Waals surface area contributed by atoms with Crippen molar-refractivity contribution >= 4 is 39.2 Å². The number of amides is 1. The van der Waals surface area contributed by atoms with Crippen molar-refractivity contribution in [1.29, 1.82) is 5.26 Å². The van der Waals surface area contributed by atoms with Gasteiger partial charge in [-0.15, -0.1) is 0 Å². The fourth-order valence-corrected chi connectivity index (χ4v) is 6.15. The van der Waals surface area contributed by atoms with E-state index in [-0.39, 0.29) is 11.9 Å². The smallest absolute Gasteiger partial charge is 0.268 e. The molecule has 1 aliphatic rings. The molecule has 0 radical (unpaired) electrons. The largest absolute Gasteiger partial charge is 0.344 e. The summed E-state index contributed by atoms with van der Waals surface area (Å²) >= 11 is 6.24. The van der Waals surface area contributed by atoms with Crippen LogP contribution in [0.1, 0.15) is 46.1 Å². The molecule has 0 bridgehead atoms. The SMILES string of the molecule is CN1CCC([C@@H](NC(=O)c2cc3ccccc3n2Cc2cccc(C#N)c2)c2ccc3cc(Cl)ccc3c2)CC1. The zero-order valence-electron chi connectivity index (χ0n) is 22.5. The molecule has 40 heavy (non-hydrogen) atoms. The molecule has 0 aliphatic carbocycles. The minimum atomic E-state index is -0.116. The van der Waals surface area contributed by atoms with E-state index in [4.69, 9.17) is 11.6 Å². The number of carbonyl (C=O) groups excluding carboxylic acids is 1. The van der Waals surface area contributed by atoms with Gasteiger partial charge in [0.1, 0.15) is 5.69 Å². The van der Waals surface area contributed by atoms with Gasteiger partial charge in [0, 0.05) is 22.5 Å². The van der Waals surface area contributed by atoms with Gasteiger partial charge in [-0.3, -0.25) is 4.79 Å². The molecular weight excluding hydrogens is 516 g/mol. The lowest BCUT2D eigenvalue weighted by Gasteiger charge is -2.35. The van der Waals surface area contributed by atoms with Crippen molar-refractivity contribution in [3.05, 3.63) is 118 Å². The number of fused-ring (bicyclic) bond motifs is 2. The van der Waals surface area contributed by atoms with Gasteiger partial charge < -0.3 is 14.8 Å². The zero-order chi connectivity index (χ0) is 27.6. The molecule has 0 saturated carbocycles. The molecule has 5 aromatic rings. The Bertz CT molecular complexity index is 1740. The number of hydrogen-bond acceptors (Lipinski definition) is 3. The van der Waals surface area contributed by atoms with Crippen molar-refractivity contribution in [2.75, 3.05) is 20.1 Å². The van der Waals surface area contributed by atoms with E-state index >= 15 is 0 Å². The van der Waals surface area contributed by atoms with Gasteiger partial charge in [0.2, 0.25) is 0 Å². The fraction of sp³-hybridized carbons (Fsp3) is 0.235. The number of nitriles is 1. The van der Waals surface area contributed by atoms with Crippen LogP contribution < -0.4 is 5.32 Å². The van der Waals surface area contributed by atoms with Gasteiger partial charge in [-0.25, -0.2) is 0 Å². The van der Waals surface area contributed by atoms with Crippen molar-refractivity contribution in [1.82, 2.24) is 14.8 Å². The molecule has 0 unspecified atom stereocenters. The maximum Gasteiger partial charge on any atom is 0.268 e. The molecule has 6 rings (SSSR count). The minimum absolute atomic E-state index is 0.0900. The number of benzene rings is 4. The first-order chi connectivity index (χ1) is 19.5. The Morgan fingerprint density at radius 3 is 2.55 bits per heavy atom. The predicted molar refractivity (Wildman–Crippen MR) is 162 cm³/mol. The fourth-order valence-electron chi connectivity index (χ4n) is 5.97. The average Bonchev–Trinajstić information content (AvgIpc) is 3.34. The standard InChI is InChI=1S/C34H31ClN4O/c1-38-15-13-25(14-16-38)33(29-10-9-27-19-30(35)12-11-26(27)18-29)37-34(40)32-20-28-7-2-3-8-31(28)39(32)22-24-6-4-5-23(17-24)21-36/h2-12,17-20,25,33H,13-16,22H2,1H3,(H,37,40)/t33-/m1/s1. The molecule has 4 aromatic carbocycles. The highest BCUT2D eigenvalue weighted by Crippen LogP contribution is 2.33. The number of carbonyl (C=O) groups is 1. The summed E-state index contributed by atoms with van der Waals surface area (Å²) in [5, 5.41) is 16.8. The number of aromatic nitrogens is 1. The van der Waals surface area contributed by atoms with Gasteiger partial charge in [0.15, 0.2) is 0 Å². The van der Waals surface area contributed by atoms with Crippen LogP contribution in [0, 0.1) is 17.2 Å². The molecule has 2 heterocycles. The van der Waals surface area contributed by atoms with Crippen LogP contribution in [0.3, 0.4) is 0 Å². The van der Waals surface area contributed by atoms with E-state index in [2.05, 4.69) is 46.1 Å². The Balaban J connectivity index is 1.38. The van der Waals surface area contributed by atoms with Gasteiger partial charge >= 0.3 is 0 Å². The maximum absolute atomic E-state index is 14.1. The zero-order valence-corrected chi connectivity index (χ0v) is 23.2. The van der Waals surface area contributed by atoms with Crippen LogP contribution in [0.5, 0.6) is 0 Å². The number of piperidine rings is 1. The number of rotatable bonds is 6. The highest BCUT2D eigenvalue weighted by atomic mass is 35.5. The Hall–Kier alpha value is -4.11. The molecule has 200 valence electrons. The molecular formula is C34H31ClN4O. The normalized spacial score (nSPS) is 15.2. The average molecular weight is 547 g/mol. The van der Waals surface area contributed by atoms with Crippen molar-refractivity contribution in [2.24, 2.45) is 5.92 Å². The van der Waals surface area contributed by atoms with Gasteiger partial charge in [-0.1, -0.05) is 60.1 Å². The minimum Gasteiger partial charge on any atom is -0.344 e. The third kappa shape index (κ3) is 5.34. The van der Waals surface area contributed by atoms with Crippen molar-refractivity contribution in [3.63, 3.8) is 0 Å². The lowest BCUT2D eigenvalue weighted by Crippen LogP contribution is -2.40. The Labute approximate surface area is 239 Å². The van der Waals surface area contributed by atoms with E-state index in [9.17, 15) is 10.1 Å². The van der Waals surface area contributed by atoms with Crippen molar-refractivity contribution in [3.8, 4) is 6.07 Å². The van der Waals surface area contributed by atoms with Crippen molar-refractivity contribution < 1.29 is 4.79 Å². The first kappa shape index (κ1) is 26.1. The van der Waals surface area contributed by atoms with Crippen LogP contribution >= 0.6 is 11.6 Å². The Kier molecular flexibility index (Phi) is 7.30. The van der Waals surface area contributed by atoms with Gasteiger partial charge in [-0.05, 0) is 103 Å². The van der Waals surface area contributed by atoms with Gasteiger partial charge in [-0.2, -0.15) is 5.26 Å². The predicted octanol–water partition coefficient (Wildman–Crippen LogP) is 7.18. The molecule has 1 aliphatic heterocycles. The summed E-state index contributed by atoms with van der Waals surface area (Å²) in [5.41, 5.74) is 4.32. The summed E-state index contributed by atoms with van der Waals surface area (Å²) in [7, 11) is 2.16. The van der Waals surface area contributed by atoms with Crippen LogP contribution in [0.4, 0.5) is 0 Å². The quantitative estimate of drug-likeness (QED) is 0.245. The molecule has 1 N–H and O–H groups in total. The first-order valence-corrected chi connectivity index (χ1v) is 14.1. The molecule has 1 amide bonds. The summed E-state index contributed by atoms with van der Waals surface area (Å²) in [6, 6.07) is 32.1. The second-order valence-electron chi connectivity index (χ2n) is 10.8. The number of likely N-dealkylation sites (tertiary alicyclic amines) is 1. The molecule has 1 fully saturated rings. The van der Waals surface area contributed by atoms with E-state index in [1.807, 2.05) is 66.7 Å².